The highest BCUT2D eigenvalue weighted by Gasteiger charge is 2.26. The highest BCUT2D eigenvalue weighted by molar-refractivity contribution is 5.94. The van der Waals surface area contributed by atoms with E-state index in [0.717, 1.165) is 12.8 Å². The molecular weight excluding hydrogens is 325 g/mol. The molecule has 25 heavy (non-hydrogen) atoms. The van der Waals surface area contributed by atoms with E-state index in [4.69, 9.17) is 15.2 Å². The second-order valence-corrected chi connectivity index (χ2v) is 5.91. The Morgan fingerprint density at radius 2 is 1.96 bits per heavy atom. The Hall–Kier alpha value is -2.51. The van der Waals surface area contributed by atoms with Crippen molar-refractivity contribution in [3.63, 3.8) is 0 Å². The molecule has 2 heterocycles. The standard InChI is InChI=1S/C18H20FN3O3/c19-13-1-4-15(5-2-13)25-16-6-3-14(11-21-16)22-18(23)17(20)12-7-9-24-10-8-12/h1-6,11-12,17H,7-10,20H2,(H,22,23). The van der Waals surface area contributed by atoms with Gasteiger partial charge in [0.15, 0.2) is 0 Å². The van der Waals surface area contributed by atoms with Gasteiger partial charge in [-0.3, -0.25) is 4.79 Å². The first kappa shape index (κ1) is 17.3. The highest BCUT2D eigenvalue weighted by atomic mass is 19.1. The molecule has 1 aromatic heterocycles. The molecule has 0 bridgehead atoms. The SMILES string of the molecule is NC(C(=O)Nc1ccc(Oc2ccc(F)cc2)nc1)C1CCOCC1. The third kappa shape index (κ3) is 4.74. The lowest BCUT2D eigenvalue weighted by molar-refractivity contribution is -0.119. The van der Waals surface area contributed by atoms with Crippen molar-refractivity contribution in [1.82, 2.24) is 4.98 Å². The van der Waals surface area contributed by atoms with Crippen LogP contribution < -0.4 is 15.8 Å². The molecule has 1 unspecified atom stereocenters. The number of aromatic nitrogens is 1. The monoisotopic (exact) mass is 345 g/mol. The minimum absolute atomic E-state index is 0.128. The Balaban J connectivity index is 1.56. The average Bonchev–Trinajstić information content (AvgIpc) is 2.65. The van der Waals surface area contributed by atoms with Crippen LogP contribution in [0.1, 0.15) is 12.8 Å². The van der Waals surface area contributed by atoms with E-state index in [-0.39, 0.29) is 17.6 Å². The highest BCUT2D eigenvalue weighted by Crippen LogP contribution is 2.22. The maximum Gasteiger partial charge on any atom is 0.241 e. The van der Waals surface area contributed by atoms with Crippen LogP contribution in [0.25, 0.3) is 0 Å². The first-order valence-corrected chi connectivity index (χ1v) is 8.15. The Morgan fingerprint density at radius 3 is 2.60 bits per heavy atom. The molecule has 132 valence electrons. The van der Waals surface area contributed by atoms with Crippen molar-refractivity contribution in [2.24, 2.45) is 11.7 Å². The summed E-state index contributed by atoms with van der Waals surface area (Å²) in [4.78, 5) is 16.4. The summed E-state index contributed by atoms with van der Waals surface area (Å²) in [6.07, 6.45) is 3.07. The molecule has 1 amide bonds. The summed E-state index contributed by atoms with van der Waals surface area (Å²) >= 11 is 0. The topological polar surface area (TPSA) is 86.5 Å². The first-order chi connectivity index (χ1) is 12.1. The Labute approximate surface area is 145 Å². The molecule has 3 rings (SSSR count). The fourth-order valence-electron chi connectivity index (χ4n) is 2.65. The number of amides is 1. The van der Waals surface area contributed by atoms with Gasteiger partial charge in [-0.2, -0.15) is 0 Å². The van der Waals surface area contributed by atoms with Crippen molar-refractivity contribution < 1.29 is 18.7 Å². The zero-order valence-corrected chi connectivity index (χ0v) is 13.7. The summed E-state index contributed by atoms with van der Waals surface area (Å²) in [5, 5.41) is 2.77. The fourth-order valence-corrected chi connectivity index (χ4v) is 2.65. The molecular formula is C18H20FN3O3. The number of ether oxygens (including phenoxy) is 2. The Morgan fingerprint density at radius 1 is 1.24 bits per heavy atom. The zero-order valence-electron chi connectivity index (χ0n) is 13.7. The van der Waals surface area contributed by atoms with Crippen LogP contribution in [0.15, 0.2) is 42.6 Å². The van der Waals surface area contributed by atoms with Crippen molar-refractivity contribution in [2.45, 2.75) is 18.9 Å². The van der Waals surface area contributed by atoms with Crippen LogP contribution in [0, 0.1) is 11.7 Å². The molecule has 0 radical (unpaired) electrons. The number of nitrogens with two attached hydrogens (primary N) is 1. The fraction of sp³-hybridized carbons (Fsp3) is 0.333. The number of benzene rings is 1. The molecule has 6 nitrogen and oxygen atoms in total. The van der Waals surface area contributed by atoms with Gasteiger partial charge >= 0.3 is 0 Å². The molecule has 1 aromatic carbocycles. The lowest BCUT2D eigenvalue weighted by Crippen LogP contribution is -2.44. The zero-order chi connectivity index (χ0) is 17.6. The summed E-state index contributed by atoms with van der Waals surface area (Å²) in [7, 11) is 0. The molecule has 1 aliphatic rings. The third-order valence-corrected chi connectivity index (χ3v) is 4.12. The van der Waals surface area contributed by atoms with Crippen LogP contribution >= 0.6 is 0 Å². The minimum Gasteiger partial charge on any atom is -0.439 e. The summed E-state index contributed by atoms with van der Waals surface area (Å²) in [5.41, 5.74) is 6.58. The smallest absolute Gasteiger partial charge is 0.241 e. The second kappa shape index (κ2) is 8.04. The molecule has 2 aromatic rings. The molecule has 3 N–H and O–H groups in total. The number of pyridine rings is 1. The summed E-state index contributed by atoms with van der Waals surface area (Å²) in [6.45, 7) is 1.28. The van der Waals surface area contributed by atoms with Gasteiger partial charge in [0.1, 0.15) is 11.6 Å². The molecule has 0 aliphatic carbocycles. The van der Waals surface area contributed by atoms with E-state index in [1.165, 1.54) is 30.5 Å². The van der Waals surface area contributed by atoms with E-state index < -0.39 is 6.04 Å². The second-order valence-electron chi connectivity index (χ2n) is 5.91. The van der Waals surface area contributed by atoms with Gasteiger partial charge in [-0.1, -0.05) is 0 Å². The first-order valence-electron chi connectivity index (χ1n) is 8.15. The molecule has 1 atom stereocenters. The predicted octanol–water partition coefficient (Wildman–Crippen LogP) is 2.71. The molecule has 0 saturated carbocycles. The molecule has 7 heteroatoms. The number of anilines is 1. The number of rotatable bonds is 5. The average molecular weight is 345 g/mol. The van der Waals surface area contributed by atoms with E-state index in [1.807, 2.05) is 0 Å². The van der Waals surface area contributed by atoms with Crippen molar-refractivity contribution in [1.29, 1.82) is 0 Å². The summed E-state index contributed by atoms with van der Waals surface area (Å²) in [6, 6.07) is 8.38. The van der Waals surface area contributed by atoms with Gasteiger partial charge < -0.3 is 20.5 Å². The van der Waals surface area contributed by atoms with Gasteiger partial charge in [-0.05, 0) is 49.1 Å². The summed E-state index contributed by atoms with van der Waals surface area (Å²) < 4.78 is 23.7. The number of nitrogens with zero attached hydrogens (tertiary/aromatic N) is 1. The normalized spacial score (nSPS) is 16.2. The number of hydrogen-bond acceptors (Lipinski definition) is 5. The Kier molecular flexibility index (Phi) is 5.57. The van der Waals surface area contributed by atoms with Gasteiger partial charge in [0.25, 0.3) is 0 Å². The molecule has 0 spiro atoms. The van der Waals surface area contributed by atoms with Gasteiger partial charge in [-0.15, -0.1) is 0 Å². The minimum atomic E-state index is -0.570. The largest absolute Gasteiger partial charge is 0.439 e. The maximum absolute atomic E-state index is 12.9. The maximum atomic E-state index is 12.9. The molecule has 1 saturated heterocycles. The van der Waals surface area contributed by atoms with Crippen molar-refractivity contribution in [3.05, 3.63) is 48.4 Å². The predicted molar refractivity (Wildman–Crippen MR) is 90.9 cm³/mol. The van der Waals surface area contributed by atoms with Crippen LogP contribution in [0.2, 0.25) is 0 Å². The van der Waals surface area contributed by atoms with Gasteiger partial charge in [0, 0.05) is 19.3 Å². The van der Waals surface area contributed by atoms with Crippen molar-refractivity contribution >= 4 is 11.6 Å². The number of hydrogen-bond donors (Lipinski definition) is 2. The van der Waals surface area contributed by atoms with E-state index in [1.54, 1.807) is 12.1 Å². The van der Waals surface area contributed by atoms with E-state index in [0.29, 0.717) is 30.5 Å². The lowest BCUT2D eigenvalue weighted by Gasteiger charge is -2.26. The number of nitrogens with one attached hydrogen (secondary N) is 1. The van der Waals surface area contributed by atoms with Crippen molar-refractivity contribution in [2.75, 3.05) is 18.5 Å². The lowest BCUT2D eigenvalue weighted by atomic mass is 9.92. The van der Waals surface area contributed by atoms with Crippen LogP contribution in [-0.4, -0.2) is 30.1 Å². The van der Waals surface area contributed by atoms with Crippen molar-refractivity contribution in [3.8, 4) is 11.6 Å². The molecule has 1 aliphatic heterocycles. The van der Waals surface area contributed by atoms with Crippen LogP contribution in [-0.2, 0) is 9.53 Å². The number of carbonyl (C=O) groups is 1. The third-order valence-electron chi connectivity index (χ3n) is 4.12. The van der Waals surface area contributed by atoms with Gasteiger partial charge in [-0.25, -0.2) is 9.37 Å². The van der Waals surface area contributed by atoms with Crippen LogP contribution in [0.4, 0.5) is 10.1 Å². The number of halogens is 1. The van der Waals surface area contributed by atoms with E-state index in [9.17, 15) is 9.18 Å². The quantitative estimate of drug-likeness (QED) is 0.870. The Bertz CT molecular complexity index is 701. The summed E-state index contributed by atoms with van der Waals surface area (Å²) in [5.74, 6) is 0.383. The van der Waals surface area contributed by atoms with Gasteiger partial charge in [0.05, 0.1) is 17.9 Å². The van der Waals surface area contributed by atoms with E-state index >= 15 is 0 Å². The van der Waals surface area contributed by atoms with Gasteiger partial charge in [0.2, 0.25) is 11.8 Å². The van der Waals surface area contributed by atoms with Crippen LogP contribution in [0.3, 0.4) is 0 Å². The molecule has 1 fully saturated rings. The van der Waals surface area contributed by atoms with E-state index in [2.05, 4.69) is 10.3 Å². The van der Waals surface area contributed by atoms with Crippen LogP contribution in [0.5, 0.6) is 11.6 Å². The number of carbonyl (C=O) groups excluding carboxylic acids is 1.